The molecule has 104 valence electrons. The number of rotatable bonds is 3. The number of hydrogen-bond acceptors (Lipinski definition) is 5. The van der Waals surface area contributed by atoms with Crippen molar-refractivity contribution in [1.82, 2.24) is 4.98 Å². The number of aromatic hydroxyl groups is 1. The molecule has 1 saturated heterocycles. The molecular weight excluding hydrogens is 260 g/mol. The summed E-state index contributed by atoms with van der Waals surface area (Å²) in [5, 5.41) is 14.5. The quantitative estimate of drug-likeness (QED) is 0.894. The van der Waals surface area contributed by atoms with Crippen molar-refractivity contribution in [2.24, 2.45) is 11.8 Å². The highest BCUT2D eigenvalue weighted by atomic mass is 32.1. The van der Waals surface area contributed by atoms with Gasteiger partial charge in [0.1, 0.15) is 0 Å². The molecule has 1 aromatic heterocycles. The molecule has 3 fully saturated rings. The molecule has 4 rings (SSSR count). The molecule has 4 nitrogen and oxygen atoms in total. The Bertz CT molecular complexity index is 470. The molecule has 0 amide bonds. The first-order chi connectivity index (χ1) is 9.29. The number of fused-ring (bicyclic) bond motifs is 2. The average Bonchev–Trinajstić information content (AvgIpc) is 3.12. The zero-order valence-corrected chi connectivity index (χ0v) is 11.8. The SMILES string of the molecule is Oc1nc(N[C@H]2C[C@@H]3CC[C@H]2C3)sc1[C@H]1CCOC1. The fourth-order valence-electron chi connectivity index (χ4n) is 3.97. The summed E-state index contributed by atoms with van der Waals surface area (Å²) in [6.45, 7) is 1.53. The van der Waals surface area contributed by atoms with Crippen molar-refractivity contribution in [3.05, 3.63) is 4.88 Å². The Kier molecular flexibility index (Phi) is 2.92. The van der Waals surface area contributed by atoms with E-state index in [1.54, 1.807) is 11.3 Å². The number of hydrogen-bond donors (Lipinski definition) is 2. The van der Waals surface area contributed by atoms with Gasteiger partial charge in [-0.2, -0.15) is 4.98 Å². The van der Waals surface area contributed by atoms with Crippen LogP contribution < -0.4 is 5.32 Å². The largest absolute Gasteiger partial charge is 0.492 e. The monoisotopic (exact) mass is 280 g/mol. The van der Waals surface area contributed by atoms with Crippen molar-refractivity contribution in [2.75, 3.05) is 18.5 Å². The molecule has 0 aromatic carbocycles. The summed E-state index contributed by atoms with van der Waals surface area (Å²) in [4.78, 5) is 5.31. The van der Waals surface area contributed by atoms with Crippen molar-refractivity contribution in [3.8, 4) is 5.88 Å². The van der Waals surface area contributed by atoms with Crippen LogP contribution in [0.3, 0.4) is 0 Å². The Balaban J connectivity index is 1.48. The highest BCUT2D eigenvalue weighted by Crippen LogP contribution is 2.46. The third kappa shape index (κ3) is 2.13. The molecule has 1 aromatic rings. The third-order valence-electron chi connectivity index (χ3n) is 4.98. The van der Waals surface area contributed by atoms with Crippen LogP contribution in [0, 0.1) is 11.8 Å². The smallest absolute Gasteiger partial charge is 0.227 e. The molecule has 2 saturated carbocycles. The van der Waals surface area contributed by atoms with E-state index in [1.165, 1.54) is 25.7 Å². The molecule has 0 unspecified atom stereocenters. The van der Waals surface area contributed by atoms with E-state index < -0.39 is 0 Å². The van der Waals surface area contributed by atoms with Crippen molar-refractivity contribution in [1.29, 1.82) is 0 Å². The summed E-state index contributed by atoms with van der Waals surface area (Å²) < 4.78 is 5.40. The molecule has 2 bridgehead atoms. The first-order valence-electron chi connectivity index (χ1n) is 7.33. The van der Waals surface area contributed by atoms with Gasteiger partial charge in [-0.05, 0) is 37.5 Å². The summed E-state index contributed by atoms with van der Waals surface area (Å²) in [7, 11) is 0. The van der Waals surface area contributed by atoms with Gasteiger partial charge in [0.05, 0.1) is 11.5 Å². The van der Waals surface area contributed by atoms with Crippen LogP contribution in [0.4, 0.5) is 5.13 Å². The van der Waals surface area contributed by atoms with E-state index in [2.05, 4.69) is 10.3 Å². The summed E-state index contributed by atoms with van der Waals surface area (Å²) in [5.74, 6) is 2.31. The standard InChI is InChI=1S/C14H20N2O2S/c17-13-12(10-3-4-18-7-10)19-14(16-13)15-11-6-8-1-2-9(11)5-8/h8-11,17H,1-7H2,(H,15,16)/t8-,9+,10+,11+/m1/s1. The van der Waals surface area contributed by atoms with Crippen LogP contribution in [-0.4, -0.2) is 29.3 Å². The van der Waals surface area contributed by atoms with Crippen LogP contribution in [-0.2, 0) is 4.74 Å². The van der Waals surface area contributed by atoms with E-state index in [0.29, 0.717) is 12.0 Å². The number of nitrogens with zero attached hydrogens (tertiary/aromatic N) is 1. The average molecular weight is 280 g/mol. The van der Waals surface area contributed by atoms with Crippen LogP contribution in [0.2, 0.25) is 0 Å². The second-order valence-corrected chi connectivity index (χ2v) is 7.22. The predicted octanol–water partition coefficient (Wildman–Crippen LogP) is 2.95. The topological polar surface area (TPSA) is 54.4 Å². The zero-order chi connectivity index (χ0) is 12.8. The van der Waals surface area contributed by atoms with E-state index in [4.69, 9.17) is 4.74 Å². The van der Waals surface area contributed by atoms with Gasteiger partial charge in [0, 0.05) is 18.6 Å². The van der Waals surface area contributed by atoms with E-state index >= 15 is 0 Å². The molecule has 1 aliphatic heterocycles. The maximum Gasteiger partial charge on any atom is 0.227 e. The highest BCUT2D eigenvalue weighted by molar-refractivity contribution is 7.16. The first-order valence-corrected chi connectivity index (χ1v) is 8.15. The molecule has 2 N–H and O–H groups in total. The number of nitrogens with one attached hydrogen (secondary N) is 1. The van der Waals surface area contributed by atoms with Gasteiger partial charge in [-0.1, -0.05) is 17.8 Å². The molecule has 5 heteroatoms. The second-order valence-electron chi connectivity index (χ2n) is 6.19. The molecular formula is C14H20N2O2S. The minimum atomic E-state index is 0.214. The Morgan fingerprint density at radius 2 is 2.21 bits per heavy atom. The van der Waals surface area contributed by atoms with Crippen LogP contribution in [0.25, 0.3) is 0 Å². The van der Waals surface area contributed by atoms with E-state index in [-0.39, 0.29) is 5.88 Å². The number of anilines is 1. The zero-order valence-electron chi connectivity index (χ0n) is 11.0. The third-order valence-corrected chi connectivity index (χ3v) is 6.12. The maximum absolute atomic E-state index is 10.0. The normalized spacial score (nSPS) is 37.1. The summed E-state index contributed by atoms with van der Waals surface area (Å²) in [5.41, 5.74) is 0. The lowest BCUT2D eigenvalue weighted by Gasteiger charge is -2.22. The van der Waals surface area contributed by atoms with Crippen molar-refractivity contribution < 1.29 is 9.84 Å². The van der Waals surface area contributed by atoms with Crippen LogP contribution in [0.5, 0.6) is 5.88 Å². The summed E-state index contributed by atoms with van der Waals surface area (Å²) in [6.07, 6.45) is 6.45. The lowest BCUT2D eigenvalue weighted by atomic mass is 9.96. The molecule has 4 atom stereocenters. The van der Waals surface area contributed by atoms with Gasteiger partial charge < -0.3 is 15.2 Å². The Morgan fingerprint density at radius 1 is 1.26 bits per heavy atom. The first kappa shape index (κ1) is 12.0. The maximum atomic E-state index is 10.0. The molecule has 3 aliphatic rings. The molecule has 2 aliphatic carbocycles. The lowest BCUT2D eigenvalue weighted by molar-refractivity contribution is 0.194. The van der Waals surface area contributed by atoms with Crippen LogP contribution in [0.15, 0.2) is 0 Å². The predicted molar refractivity (Wildman–Crippen MR) is 74.8 cm³/mol. The molecule has 19 heavy (non-hydrogen) atoms. The Labute approximate surface area is 117 Å². The molecule has 2 heterocycles. The van der Waals surface area contributed by atoms with Crippen LogP contribution >= 0.6 is 11.3 Å². The van der Waals surface area contributed by atoms with E-state index in [9.17, 15) is 5.11 Å². The van der Waals surface area contributed by atoms with Gasteiger partial charge in [0.2, 0.25) is 5.88 Å². The number of thiazole rings is 1. The van der Waals surface area contributed by atoms with Gasteiger partial charge in [-0.3, -0.25) is 0 Å². The molecule has 0 spiro atoms. The van der Waals surface area contributed by atoms with Crippen LogP contribution in [0.1, 0.15) is 42.9 Å². The number of aromatic nitrogens is 1. The van der Waals surface area contributed by atoms with E-state index in [1.807, 2.05) is 0 Å². The van der Waals surface area contributed by atoms with Crippen molar-refractivity contribution >= 4 is 16.5 Å². The van der Waals surface area contributed by atoms with Crippen molar-refractivity contribution in [2.45, 2.75) is 44.1 Å². The Hall–Kier alpha value is -0.810. The minimum Gasteiger partial charge on any atom is -0.492 e. The van der Waals surface area contributed by atoms with E-state index in [0.717, 1.165) is 41.5 Å². The summed E-state index contributed by atoms with van der Waals surface area (Å²) >= 11 is 1.62. The van der Waals surface area contributed by atoms with Gasteiger partial charge in [0.25, 0.3) is 0 Å². The van der Waals surface area contributed by atoms with Crippen molar-refractivity contribution in [3.63, 3.8) is 0 Å². The fourth-order valence-corrected chi connectivity index (χ4v) is 5.01. The molecule has 0 radical (unpaired) electrons. The van der Waals surface area contributed by atoms with Gasteiger partial charge in [-0.25, -0.2) is 0 Å². The fraction of sp³-hybridized carbons (Fsp3) is 0.786. The van der Waals surface area contributed by atoms with Gasteiger partial charge >= 0.3 is 0 Å². The highest BCUT2D eigenvalue weighted by Gasteiger charge is 2.40. The Morgan fingerprint density at radius 3 is 2.89 bits per heavy atom. The minimum absolute atomic E-state index is 0.214. The van der Waals surface area contributed by atoms with Gasteiger partial charge in [0.15, 0.2) is 5.13 Å². The number of ether oxygens (including phenoxy) is 1. The second kappa shape index (κ2) is 4.63. The lowest BCUT2D eigenvalue weighted by Crippen LogP contribution is -2.25. The summed E-state index contributed by atoms with van der Waals surface area (Å²) in [6, 6.07) is 0.581. The van der Waals surface area contributed by atoms with Gasteiger partial charge in [-0.15, -0.1) is 0 Å².